The van der Waals surface area contributed by atoms with Gasteiger partial charge in [-0.3, -0.25) is 0 Å². The summed E-state index contributed by atoms with van der Waals surface area (Å²) in [5.74, 6) is 0. The fraction of sp³-hybridized carbons (Fsp3) is 0. The second kappa shape index (κ2) is 24.5. The van der Waals surface area contributed by atoms with E-state index in [0.29, 0.717) is 0 Å². The average Bonchev–Trinajstić information content (AvgIpc) is 0.811. The number of hydrogen-bond acceptors (Lipinski definition) is 1. The minimum atomic E-state index is -1.83. The summed E-state index contributed by atoms with van der Waals surface area (Å²) in [4.78, 5) is 8.56. The van der Waals surface area contributed by atoms with Crippen LogP contribution in [0.15, 0.2) is 0 Å². The summed E-state index contributed by atoms with van der Waals surface area (Å²) in [6.07, 6.45) is -1.83. The summed E-state index contributed by atoms with van der Waals surface area (Å²) in [7, 11) is 0. The van der Waals surface area contributed by atoms with Crippen molar-refractivity contribution >= 4 is 61.3 Å². The Hall–Kier alpha value is 0.982. The molecule has 6 N–H and O–H groups in total. The van der Waals surface area contributed by atoms with Crippen molar-refractivity contribution < 1.29 is 28.8 Å². The summed E-state index contributed by atoms with van der Waals surface area (Å²) in [6.45, 7) is 0. The second-order valence-electron chi connectivity index (χ2n) is 0.283. The molecule has 0 heterocycles. The molecule has 0 amide bonds. The SMILES string of the molecule is O.O.O=C(O)O.[AlH3].[Ca+2].[H-].[H-]. The van der Waals surface area contributed by atoms with E-state index in [1.54, 1.807) is 0 Å². The zero-order chi connectivity index (χ0) is 3.58. The number of rotatable bonds is 0. The smallest absolute Gasteiger partial charge is 1.00 e. The van der Waals surface area contributed by atoms with Crippen LogP contribution in [0.2, 0.25) is 0 Å². The van der Waals surface area contributed by atoms with Gasteiger partial charge in [0.25, 0.3) is 0 Å². The van der Waals surface area contributed by atoms with Gasteiger partial charge in [-0.15, -0.1) is 0 Å². The molecule has 50 valence electrons. The maximum Gasteiger partial charge on any atom is 2.00 e. The molecule has 0 bridgehead atoms. The van der Waals surface area contributed by atoms with Gasteiger partial charge >= 0.3 is 43.9 Å². The van der Waals surface area contributed by atoms with Crippen molar-refractivity contribution in [2.24, 2.45) is 0 Å². The molecule has 0 aliphatic carbocycles. The Morgan fingerprint density at radius 2 is 1.25 bits per heavy atom. The Kier molecular flexibility index (Phi) is 111. The fourth-order valence-corrected chi connectivity index (χ4v) is 0. The molecule has 0 aliphatic rings. The molecule has 0 aromatic heterocycles. The van der Waals surface area contributed by atoms with Gasteiger partial charge in [-0.05, 0) is 0 Å². The molecule has 7 heteroatoms. The molecule has 0 fully saturated rings. The molecule has 0 unspecified atom stereocenters. The van der Waals surface area contributed by atoms with E-state index in [2.05, 4.69) is 0 Å². The minimum Gasteiger partial charge on any atom is -1.00 e. The van der Waals surface area contributed by atoms with E-state index in [9.17, 15) is 0 Å². The van der Waals surface area contributed by atoms with Crippen molar-refractivity contribution in [2.75, 3.05) is 0 Å². The molecular weight excluding hydrogens is 159 g/mol. The molecule has 0 atom stereocenters. The summed E-state index contributed by atoms with van der Waals surface area (Å²) < 4.78 is 0. The van der Waals surface area contributed by atoms with Gasteiger partial charge in [-0.1, -0.05) is 0 Å². The average molecular weight is 170 g/mol. The van der Waals surface area contributed by atoms with E-state index in [0.717, 1.165) is 0 Å². The quantitative estimate of drug-likeness (QED) is 0.383. The van der Waals surface area contributed by atoms with Crippen molar-refractivity contribution in [3.8, 4) is 0 Å². The van der Waals surface area contributed by atoms with Crippen LogP contribution in [0.25, 0.3) is 0 Å². The second-order valence-corrected chi connectivity index (χ2v) is 0.283. The van der Waals surface area contributed by atoms with Gasteiger partial charge in [-0.25, -0.2) is 4.79 Å². The van der Waals surface area contributed by atoms with Crippen LogP contribution in [0, 0.1) is 0 Å². The largest absolute Gasteiger partial charge is 2.00 e. The molecule has 0 saturated heterocycles. The van der Waals surface area contributed by atoms with Crippen molar-refractivity contribution in [3.05, 3.63) is 0 Å². The van der Waals surface area contributed by atoms with Crippen molar-refractivity contribution in [3.63, 3.8) is 0 Å². The van der Waals surface area contributed by atoms with Crippen molar-refractivity contribution in [2.45, 2.75) is 0 Å². The third-order valence-corrected chi connectivity index (χ3v) is 0. The number of carboxylic acid groups (broad SMARTS) is 2. The monoisotopic (exact) mass is 170 g/mol. The van der Waals surface area contributed by atoms with Gasteiger partial charge in [0.2, 0.25) is 0 Å². The predicted molar refractivity (Wildman–Crippen MR) is 35.8 cm³/mol. The van der Waals surface area contributed by atoms with E-state index in [1.165, 1.54) is 0 Å². The Labute approximate surface area is 89.4 Å². The number of carbonyl (C=O) groups is 1. The zero-order valence-corrected chi connectivity index (χ0v) is 5.72. The van der Waals surface area contributed by atoms with E-state index in [4.69, 9.17) is 15.0 Å². The van der Waals surface area contributed by atoms with Crippen LogP contribution < -0.4 is 0 Å². The molecule has 0 saturated carbocycles. The van der Waals surface area contributed by atoms with Gasteiger partial charge in [0.1, 0.15) is 0 Å². The van der Waals surface area contributed by atoms with Crippen LogP contribution in [-0.4, -0.2) is 82.4 Å². The van der Waals surface area contributed by atoms with E-state index in [-0.39, 0.29) is 68.9 Å². The van der Waals surface area contributed by atoms with Crippen LogP contribution in [0.1, 0.15) is 2.85 Å². The van der Waals surface area contributed by atoms with Crippen molar-refractivity contribution in [1.29, 1.82) is 0 Å². The standard InChI is InChI=1S/CH2O3.Al.Ca.2H2O.5H/c2-1(3)4;;;;;;;;;/h(H2,2,3,4);;;2*1H2;;;;;/q;;+2;;;;;;2*-1. The minimum absolute atomic E-state index is 0. The van der Waals surface area contributed by atoms with E-state index >= 15 is 0 Å². The summed E-state index contributed by atoms with van der Waals surface area (Å²) in [6, 6.07) is 0. The Morgan fingerprint density at radius 3 is 1.25 bits per heavy atom. The third-order valence-electron chi connectivity index (χ3n) is 0. The summed E-state index contributed by atoms with van der Waals surface area (Å²) >= 11 is 0. The fourth-order valence-electron chi connectivity index (χ4n) is 0. The Morgan fingerprint density at radius 1 is 1.25 bits per heavy atom. The molecule has 0 rings (SSSR count). The van der Waals surface area contributed by atoms with Crippen LogP contribution >= 0.6 is 0 Å². The predicted octanol–water partition coefficient (Wildman–Crippen LogP) is -2.77. The van der Waals surface area contributed by atoms with E-state index < -0.39 is 6.16 Å². The molecule has 0 aromatic carbocycles. The van der Waals surface area contributed by atoms with Gasteiger partial charge in [0.05, 0.1) is 0 Å². The first-order valence-electron chi connectivity index (χ1n) is 0.651. The van der Waals surface area contributed by atoms with Crippen LogP contribution in [0.4, 0.5) is 4.79 Å². The summed E-state index contributed by atoms with van der Waals surface area (Å²) in [5, 5.41) is 13.9. The van der Waals surface area contributed by atoms with Gasteiger partial charge in [0.15, 0.2) is 17.4 Å². The molecule has 0 aliphatic heterocycles. The Bertz CT molecular complexity index is 42.6. The molecule has 0 aromatic rings. The molecular formula is CH11AlCaO5. The Balaban J connectivity index is -0.00000000300. The molecule has 0 spiro atoms. The first-order chi connectivity index (χ1) is 1.73. The zero-order valence-electron chi connectivity index (χ0n) is 5.51. The first-order valence-corrected chi connectivity index (χ1v) is 0.651. The van der Waals surface area contributed by atoms with Crippen LogP contribution in [-0.2, 0) is 0 Å². The normalized spacial score (nSPS) is 3.00. The topological polar surface area (TPSA) is 121 Å². The summed E-state index contributed by atoms with van der Waals surface area (Å²) in [5.41, 5.74) is 0. The number of hydrogen-bond donors (Lipinski definition) is 2. The van der Waals surface area contributed by atoms with Crippen molar-refractivity contribution in [1.82, 2.24) is 0 Å². The maximum atomic E-state index is 8.56. The van der Waals surface area contributed by atoms with Gasteiger partial charge in [0, 0.05) is 0 Å². The molecule has 8 heavy (non-hydrogen) atoms. The first kappa shape index (κ1) is 36.1. The molecule has 0 radical (unpaired) electrons. The van der Waals surface area contributed by atoms with Gasteiger partial charge in [-0.2, -0.15) is 0 Å². The van der Waals surface area contributed by atoms with Crippen LogP contribution in [0.5, 0.6) is 0 Å². The van der Waals surface area contributed by atoms with E-state index in [1.807, 2.05) is 0 Å². The van der Waals surface area contributed by atoms with Gasteiger partial charge < -0.3 is 24.0 Å². The maximum absolute atomic E-state index is 8.56. The van der Waals surface area contributed by atoms with Crippen LogP contribution in [0.3, 0.4) is 0 Å². The third kappa shape index (κ3) is 259. The molecule has 5 nitrogen and oxygen atoms in total.